The van der Waals surface area contributed by atoms with Crippen molar-refractivity contribution >= 4 is 50.1 Å². The molecule has 9 nitrogen and oxygen atoms in total. The summed E-state index contributed by atoms with van der Waals surface area (Å²) in [5.41, 5.74) is 1.32. The summed E-state index contributed by atoms with van der Waals surface area (Å²) in [4.78, 5) is 39.3. The standard InChI is InChI=1S/C20H20N4O5S/c1-11-5-7-13(24(27)28)10-15(11)21-17(25)12-6-8-14-16(9-12)30-18(22-14)23-19(26)29-20(2,3)4/h5-10H,1-4H3,(H,21,25)(H,22,23,26). The molecule has 0 bridgehead atoms. The van der Waals surface area contributed by atoms with Gasteiger partial charge < -0.3 is 10.1 Å². The number of amides is 2. The average Bonchev–Trinajstić information content (AvgIpc) is 3.02. The predicted molar refractivity (Wildman–Crippen MR) is 115 cm³/mol. The summed E-state index contributed by atoms with van der Waals surface area (Å²) in [7, 11) is 0. The predicted octanol–water partition coefficient (Wildman–Crippen LogP) is 5.11. The highest BCUT2D eigenvalue weighted by molar-refractivity contribution is 7.22. The summed E-state index contributed by atoms with van der Waals surface area (Å²) in [6, 6.07) is 9.20. The average molecular weight is 428 g/mol. The number of nitrogens with zero attached hydrogens (tertiary/aromatic N) is 2. The molecular formula is C20H20N4O5S. The van der Waals surface area contributed by atoms with Gasteiger partial charge in [0.2, 0.25) is 0 Å². The van der Waals surface area contributed by atoms with Crippen LogP contribution in [0.25, 0.3) is 10.2 Å². The van der Waals surface area contributed by atoms with E-state index in [2.05, 4.69) is 15.6 Å². The number of carbonyl (C=O) groups excluding carboxylic acids is 2. The molecule has 2 N–H and O–H groups in total. The van der Waals surface area contributed by atoms with Gasteiger partial charge in [0.1, 0.15) is 5.60 Å². The van der Waals surface area contributed by atoms with Crippen LogP contribution in [0.2, 0.25) is 0 Å². The number of fused-ring (bicyclic) bond motifs is 1. The van der Waals surface area contributed by atoms with Crippen LogP contribution in [0.3, 0.4) is 0 Å². The van der Waals surface area contributed by atoms with Gasteiger partial charge in [0.05, 0.1) is 20.8 Å². The van der Waals surface area contributed by atoms with E-state index in [-0.39, 0.29) is 5.69 Å². The fraction of sp³-hybridized carbons (Fsp3) is 0.250. The van der Waals surface area contributed by atoms with Crippen molar-refractivity contribution in [3.05, 3.63) is 57.6 Å². The van der Waals surface area contributed by atoms with E-state index < -0.39 is 22.5 Å². The van der Waals surface area contributed by atoms with Crippen LogP contribution in [0.1, 0.15) is 36.7 Å². The Morgan fingerprint density at radius 2 is 1.87 bits per heavy atom. The first-order chi connectivity index (χ1) is 14.0. The molecule has 3 aromatic rings. The van der Waals surface area contributed by atoms with Gasteiger partial charge in [0, 0.05) is 17.7 Å². The molecule has 0 aliphatic carbocycles. The first-order valence-corrected chi connectivity index (χ1v) is 9.80. The van der Waals surface area contributed by atoms with Crippen LogP contribution in [0.4, 0.5) is 21.3 Å². The molecule has 10 heteroatoms. The molecule has 0 radical (unpaired) electrons. The summed E-state index contributed by atoms with van der Waals surface area (Å²) < 4.78 is 5.91. The number of thiazole rings is 1. The molecule has 0 spiro atoms. The second-order valence-electron chi connectivity index (χ2n) is 7.54. The van der Waals surface area contributed by atoms with Crippen LogP contribution >= 0.6 is 11.3 Å². The molecular weight excluding hydrogens is 408 g/mol. The maximum absolute atomic E-state index is 12.6. The van der Waals surface area contributed by atoms with E-state index in [4.69, 9.17) is 4.74 Å². The third-order valence-electron chi connectivity index (χ3n) is 3.94. The molecule has 156 valence electrons. The van der Waals surface area contributed by atoms with Crippen molar-refractivity contribution in [2.75, 3.05) is 10.6 Å². The molecule has 1 heterocycles. The zero-order valence-electron chi connectivity index (χ0n) is 16.8. The molecule has 0 unspecified atom stereocenters. The number of rotatable bonds is 4. The van der Waals surface area contributed by atoms with E-state index in [1.807, 2.05) is 0 Å². The highest BCUT2D eigenvalue weighted by Gasteiger charge is 2.18. The minimum Gasteiger partial charge on any atom is -0.444 e. The Bertz CT molecular complexity index is 1150. The van der Waals surface area contributed by atoms with Crippen molar-refractivity contribution in [1.82, 2.24) is 4.98 Å². The summed E-state index contributed by atoms with van der Waals surface area (Å²) >= 11 is 1.21. The summed E-state index contributed by atoms with van der Waals surface area (Å²) in [5, 5.41) is 16.6. The lowest BCUT2D eigenvalue weighted by Gasteiger charge is -2.18. The zero-order valence-corrected chi connectivity index (χ0v) is 17.6. The van der Waals surface area contributed by atoms with Crippen LogP contribution in [-0.4, -0.2) is 27.5 Å². The van der Waals surface area contributed by atoms with Crippen LogP contribution in [0.5, 0.6) is 0 Å². The van der Waals surface area contributed by atoms with Crippen molar-refractivity contribution in [2.45, 2.75) is 33.3 Å². The normalized spacial score (nSPS) is 11.2. The van der Waals surface area contributed by atoms with Gasteiger partial charge >= 0.3 is 6.09 Å². The molecule has 0 saturated heterocycles. The first-order valence-electron chi connectivity index (χ1n) is 8.99. The van der Waals surface area contributed by atoms with E-state index in [0.717, 1.165) is 0 Å². The van der Waals surface area contributed by atoms with Gasteiger partial charge in [-0.3, -0.25) is 20.2 Å². The minimum atomic E-state index is -0.628. The summed E-state index contributed by atoms with van der Waals surface area (Å²) in [5.74, 6) is -0.407. The minimum absolute atomic E-state index is 0.105. The number of carbonyl (C=O) groups is 2. The lowest BCUT2D eigenvalue weighted by atomic mass is 10.1. The Labute approximate surface area is 176 Å². The van der Waals surface area contributed by atoms with Crippen LogP contribution < -0.4 is 10.6 Å². The molecule has 2 amide bonds. The summed E-state index contributed by atoms with van der Waals surface area (Å²) in [6.45, 7) is 7.04. The van der Waals surface area contributed by atoms with Gasteiger partial charge in [0.15, 0.2) is 5.13 Å². The number of aryl methyl sites for hydroxylation is 1. The third kappa shape index (κ3) is 5.09. The number of hydrogen-bond donors (Lipinski definition) is 2. The molecule has 0 aliphatic rings. The van der Waals surface area contributed by atoms with Gasteiger partial charge in [-0.05, 0) is 51.5 Å². The Kier molecular flexibility index (Phi) is 5.70. The number of non-ortho nitro benzene ring substituents is 1. The highest BCUT2D eigenvalue weighted by Crippen LogP contribution is 2.28. The molecule has 1 aromatic heterocycles. The SMILES string of the molecule is Cc1ccc([N+](=O)[O-])cc1NC(=O)c1ccc2nc(NC(=O)OC(C)(C)C)sc2c1. The Hall–Kier alpha value is -3.53. The molecule has 30 heavy (non-hydrogen) atoms. The number of nitro benzene ring substituents is 1. The van der Waals surface area contributed by atoms with E-state index in [9.17, 15) is 19.7 Å². The van der Waals surface area contributed by atoms with Crippen LogP contribution in [-0.2, 0) is 4.74 Å². The zero-order chi connectivity index (χ0) is 22.1. The highest BCUT2D eigenvalue weighted by atomic mass is 32.1. The lowest BCUT2D eigenvalue weighted by molar-refractivity contribution is -0.384. The maximum Gasteiger partial charge on any atom is 0.413 e. The molecule has 2 aromatic carbocycles. The van der Waals surface area contributed by atoms with Crippen LogP contribution in [0, 0.1) is 17.0 Å². The van der Waals surface area contributed by atoms with Crippen molar-refractivity contribution < 1.29 is 19.2 Å². The molecule has 0 atom stereocenters. The van der Waals surface area contributed by atoms with E-state index in [1.54, 1.807) is 52.0 Å². The second-order valence-corrected chi connectivity index (χ2v) is 8.57. The maximum atomic E-state index is 12.6. The fourth-order valence-electron chi connectivity index (χ4n) is 2.56. The van der Waals surface area contributed by atoms with Crippen molar-refractivity contribution in [3.8, 4) is 0 Å². The van der Waals surface area contributed by atoms with Crippen molar-refractivity contribution in [2.24, 2.45) is 0 Å². The van der Waals surface area contributed by atoms with Gasteiger partial charge in [0.25, 0.3) is 11.6 Å². The largest absolute Gasteiger partial charge is 0.444 e. The Morgan fingerprint density at radius 1 is 1.13 bits per heavy atom. The van der Waals surface area contributed by atoms with Gasteiger partial charge in [-0.25, -0.2) is 9.78 Å². The number of ether oxygens (including phenoxy) is 1. The molecule has 3 rings (SSSR count). The van der Waals surface area contributed by atoms with E-state index >= 15 is 0 Å². The van der Waals surface area contributed by atoms with Crippen molar-refractivity contribution in [3.63, 3.8) is 0 Å². The number of nitro groups is 1. The van der Waals surface area contributed by atoms with Gasteiger partial charge in [-0.1, -0.05) is 17.4 Å². The lowest BCUT2D eigenvalue weighted by Crippen LogP contribution is -2.27. The smallest absolute Gasteiger partial charge is 0.413 e. The second kappa shape index (κ2) is 8.07. The Balaban J connectivity index is 1.79. The topological polar surface area (TPSA) is 123 Å². The quantitative estimate of drug-likeness (QED) is 0.439. The van der Waals surface area contributed by atoms with Gasteiger partial charge in [-0.2, -0.15) is 0 Å². The van der Waals surface area contributed by atoms with E-state index in [1.165, 1.54) is 23.5 Å². The fourth-order valence-corrected chi connectivity index (χ4v) is 3.45. The monoisotopic (exact) mass is 428 g/mol. The number of aromatic nitrogens is 1. The third-order valence-corrected chi connectivity index (χ3v) is 4.87. The molecule has 0 saturated carbocycles. The Morgan fingerprint density at radius 3 is 2.53 bits per heavy atom. The molecule has 0 fully saturated rings. The summed E-state index contributed by atoms with van der Waals surface area (Å²) in [6.07, 6.45) is -0.610. The number of benzene rings is 2. The number of hydrogen-bond acceptors (Lipinski definition) is 7. The van der Waals surface area contributed by atoms with Crippen LogP contribution in [0.15, 0.2) is 36.4 Å². The molecule has 0 aliphatic heterocycles. The first kappa shape index (κ1) is 21.2. The van der Waals surface area contributed by atoms with Gasteiger partial charge in [-0.15, -0.1) is 0 Å². The van der Waals surface area contributed by atoms with Crippen molar-refractivity contribution in [1.29, 1.82) is 0 Å². The number of nitrogens with one attached hydrogen (secondary N) is 2. The van der Waals surface area contributed by atoms with E-state index in [0.29, 0.717) is 32.2 Å². The number of anilines is 2.